The van der Waals surface area contributed by atoms with E-state index in [1.165, 1.54) is 0 Å². The second-order valence-electron chi connectivity index (χ2n) is 4.14. The van der Waals surface area contributed by atoms with Gasteiger partial charge in [0.2, 0.25) is 0 Å². The standard InChI is InChI=1S/C12H18I4O6/c13-9(5-21-3-7(19)1-17)11(15)12(16)10(14)6-22-4-8(20)2-18/h7-8,17-20H,1-6H2/b11-9+,12-10+. The van der Waals surface area contributed by atoms with E-state index >= 15 is 0 Å². The molecule has 0 heterocycles. The Hall–Kier alpha value is 2.16. The monoisotopic (exact) mass is 766 g/mol. The lowest BCUT2D eigenvalue weighted by Crippen LogP contribution is -2.20. The molecule has 10 heteroatoms. The number of aliphatic hydroxyl groups excluding tert-OH is 4. The first kappa shape index (κ1) is 24.2. The molecule has 22 heavy (non-hydrogen) atoms. The Bertz CT molecular complexity index is 352. The zero-order valence-electron chi connectivity index (χ0n) is 11.5. The van der Waals surface area contributed by atoms with Gasteiger partial charge in [-0.1, -0.05) is 0 Å². The van der Waals surface area contributed by atoms with Crippen LogP contribution < -0.4 is 0 Å². The van der Waals surface area contributed by atoms with Gasteiger partial charge in [-0.25, -0.2) is 0 Å². The summed E-state index contributed by atoms with van der Waals surface area (Å²) in [6.45, 7) is 0.263. The summed E-state index contributed by atoms with van der Waals surface area (Å²) in [5, 5.41) is 35.8. The number of hydrogen-bond donors (Lipinski definition) is 4. The van der Waals surface area contributed by atoms with Crippen LogP contribution in [0.5, 0.6) is 0 Å². The third kappa shape index (κ3) is 10.9. The fourth-order valence-corrected chi connectivity index (χ4v) is 4.01. The predicted octanol–water partition coefficient (Wildman–Crippen LogP) is 1.89. The van der Waals surface area contributed by atoms with Gasteiger partial charge in [0.15, 0.2) is 0 Å². The van der Waals surface area contributed by atoms with E-state index in [2.05, 4.69) is 90.4 Å². The molecule has 0 bridgehead atoms. The Morgan fingerprint density at radius 2 is 1.05 bits per heavy atom. The van der Waals surface area contributed by atoms with Gasteiger partial charge >= 0.3 is 0 Å². The van der Waals surface area contributed by atoms with Crippen LogP contribution in [0.15, 0.2) is 14.3 Å². The van der Waals surface area contributed by atoms with E-state index in [0.29, 0.717) is 13.2 Å². The van der Waals surface area contributed by atoms with E-state index in [4.69, 9.17) is 19.7 Å². The van der Waals surface area contributed by atoms with Gasteiger partial charge in [0.1, 0.15) is 12.2 Å². The maximum absolute atomic E-state index is 9.21. The highest BCUT2D eigenvalue weighted by molar-refractivity contribution is 14.1. The normalized spacial score (nSPS) is 16.9. The number of aliphatic hydroxyl groups is 4. The van der Waals surface area contributed by atoms with Crippen LogP contribution in [0.4, 0.5) is 0 Å². The molecule has 0 rings (SSSR count). The molecule has 0 radical (unpaired) electrons. The molecule has 6 nitrogen and oxygen atoms in total. The van der Waals surface area contributed by atoms with E-state index in [0.717, 1.165) is 14.3 Å². The summed E-state index contributed by atoms with van der Waals surface area (Å²) in [6, 6.07) is 0. The Balaban J connectivity index is 4.47. The van der Waals surface area contributed by atoms with Gasteiger partial charge in [-0.15, -0.1) is 0 Å². The topological polar surface area (TPSA) is 99.4 Å². The number of allylic oxidation sites excluding steroid dienone is 2. The zero-order chi connectivity index (χ0) is 17.1. The highest BCUT2D eigenvalue weighted by Gasteiger charge is 2.11. The van der Waals surface area contributed by atoms with Crippen molar-refractivity contribution >= 4 is 90.4 Å². The first-order valence-electron chi connectivity index (χ1n) is 6.15. The molecular weight excluding hydrogens is 748 g/mol. The average molecular weight is 766 g/mol. The summed E-state index contributed by atoms with van der Waals surface area (Å²) < 4.78 is 14.7. The molecular formula is C12H18I4O6. The van der Waals surface area contributed by atoms with E-state index in [9.17, 15) is 10.2 Å². The molecule has 0 aliphatic rings. The minimum atomic E-state index is -0.858. The van der Waals surface area contributed by atoms with Crippen molar-refractivity contribution in [2.75, 3.05) is 39.6 Å². The summed E-state index contributed by atoms with van der Waals surface area (Å²) >= 11 is 8.78. The van der Waals surface area contributed by atoms with Gasteiger partial charge in [-0.3, -0.25) is 0 Å². The highest BCUT2D eigenvalue weighted by atomic mass is 127. The zero-order valence-corrected chi connectivity index (χ0v) is 20.1. The second kappa shape index (κ2) is 14.3. The molecule has 0 aliphatic carbocycles. The van der Waals surface area contributed by atoms with Crippen molar-refractivity contribution < 1.29 is 29.9 Å². The van der Waals surface area contributed by atoms with E-state index in [1.807, 2.05) is 0 Å². The second-order valence-corrected chi connectivity index (χ2v) is 8.90. The smallest absolute Gasteiger partial charge is 0.100 e. The maximum Gasteiger partial charge on any atom is 0.100 e. The van der Waals surface area contributed by atoms with Crippen LogP contribution in [-0.4, -0.2) is 72.3 Å². The molecule has 2 atom stereocenters. The van der Waals surface area contributed by atoms with Gasteiger partial charge in [0, 0.05) is 14.3 Å². The van der Waals surface area contributed by atoms with Crippen LogP contribution in [0.1, 0.15) is 0 Å². The first-order valence-corrected chi connectivity index (χ1v) is 10.5. The van der Waals surface area contributed by atoms with Crippen LogP contribution in [0.2, 0.25) is 0 Å². The Morgan fingerprint density at radius 3 is 1.32 bits per heavy atom. The largest absolute Gasteiger partial charge is 0.394 e. The quantitative estimate of drug-likeness (QED) is 0.190. The number of rotatable bonds is 11. The summed E-state index contributed by atoms with van der Waals surface area (Å²) in [5.41, 5.74) is 0. The fraction of sp³-hybridized carbons (Fsp3) is 0.667. The molecule has 0 aromatic heterocycles. The fourth-order valence-electron chi connectivity index (χ4n) is 1.04. The number of hydrogen-bond acceptors (Lipinski definition) is 6. The van der Waals surface area contributed by atoms with Crippen molar-refractivity contribution in [1.82, 2.24) is 0 Å². The lowest BCUT2D eigenvalue weighted by molar-refractivity contribution is 0.0145. The van der Waals surface area contributed by atoms with Crippen LogP contribution in [-0.2, 0) is 9.47 Å². The Morgan fingerprint density at radius 1 is 0.727 bits per heavy atom. The summed E-state index contributed by atoms with van der Waals surface area (Å²) in [7, 11) is 0. The molecule has 4 N–H and O–H groups in total. The first-order chi connectivity index (χ1) is 10.3. The van der Waals surface area contributed by atoms with Gasteiger partial charge in [0.25, 0.3) is 0 Å². The van der Waals surface area contributed by atoms with Crippen molar-refractivity contribution in [3.8, 4) is 0 Å². The van der Waals surface area contributed by atoms with Crippen LogP contribution in [0.25, 0.3) is 0 Å². The third-order valence-corrected chi connectivity index (χ3v) is 9.35. The van der Waals surface area contributed by atoms with Crippen LogP contribution >= 0.6 is 90.4 Å². The maximum atomic E-state index is 9.21. The van der Waals surface area contributed by atoms with Crippen molar-refractivity contribution in [3.63, 3.8) is 0 Å². The van der Waals surface area contributed by atoms with E-state index in [1.54, 1.807) is 0 Å². The molecule has 0 aliphatic heterocycles. The van der Waals surface area contributed by atoms with Gasteiger partial charge in [0.05, 0.1) is 39.6 Å². The molecule has 2 unspecified atom stereocenters. The molecule has 0 saturated carbocycles. The molecule has 130 valence electrons. The highest BCUT2D eigenvalue weighted by Crippen LogP contribution is 2.35. The SMILES string of the molecule is OCC(O)COC/C(I)=C(I)/C(I)=C(\I)COCC(O)CO. The predicted molar refractivity (Wildman–Crippen MR) is 118 cm³/mol. The Kier molecular flexibility index (Phi) is 15.8. The van der Waals surface area contributed by atoms with Gasteiger partial charge in [-0.05, 0) is 90.4 Å². The lowest BCUT2D eigenvalue weighted by Gasteiger charge is -2.11. The molecule has 0 aromatic rings. The summed E-state index contributed by atoms with van der Waals surface area (Å²) in [6.07, 6.45) is -1.72. The molecule has 0 spiro atoms. The number of ether oxygens (including phenoxy) is 2. The van der Waals surface area contributed by atoms with Crippen LogP contribution in [0.3, 0.4) is 0 Å². The van der Waals surface area contributed by atoms with E-state index < -0.39 is 12.2 Å². The molecule has 0 amide bonds. The Labute approximate surface area is 184 Å². The van der Waals surface area contributed by atoms with Crippen molar-refractivity contribution in [1.29, 1.82) is 0 Å². The third-order valence-electron chi connectivity index (χ3n) is 2.17. The van der Waals surface area contributed by atoms with E-state index in [-0.39, 0.29) is 26.4 Å². The van der Waals surface area contributed by atoms with Gasteiger partial charge in [-0.2, -0.15) is 0 Å². The molecule has 0 aromatic carbocycles. The van der Waals surface area contributed by atoms with Gasteiger partial charge < -0.3 is 29.9 Å². The van der Waals surface area contributed by atoms with Crippen molar-refractivity contribution in [2.45, 2.75) is 12.2 Å². The molecule has 0 saturated heterocycles. The minimum absolute atomic E-state index is 0.0897. The summed E-state index contributed by atoms with van der Waals surface area (Å²) in [4.78, 5) is 0. The van der Waals surface area contributed by atoms with Crippen molar-refractivity contribution in [3.05, 3.63) is 14.3 Å². The minimum Gasteiger partial charge on any atom is -0.394 e. The average Bonchev–Trinajstić information content (AvgIpc) is 2.52. The number of halogens is 4. The van der Waals surface area contributed by atoms with Crippen molar-refractivity contribution in [2.24, 2.45) is 0 Å². The lowest BCUT2D eigenvalue weighted by atomic mass is 10.4. The summed E-state index contributed by atoms with van der Waals surface area (Å²) in [5.74, 6) is 0. The van der Waals surface area contributed by atoms with Crippen LogP contribution in [0, 0.1) is 0 Å². The molecule has 0 fully saturated rings.